The molecule has 1 aromatic carbocycles. The van der Waals surface area contributed by atoms with Crippen LogP contribution in [0.25, 0.3) is 0 Å². The summed E-state index contributed by atoms with van der Waals surface area (Å²) in [6, 6.07) is 5.77. The third kappa shape index (κ3) is 3.28. The van der Waals surface area contributed by atoms with Crippen molar-refractivity contribution in [2.45, 2.75) is 43.0 Å². The van der Waals surface area contributed by atoms with Crippen molar-refractivity contribution in [1.82, 2.24) is 9.21 Å². The molecule has 3 saturated heterocycles. The molecule has 1 atom stereocenters. The van der Waals surface area contributed by atoms with Gasteiger partial charge in [0.2, 0.25) is 10.0 Å². The van der Waals surface area contributed by atoms with Gasteiger partial charge in [0, 0.05) is 37.6 Å². The number of nitrogens with zero attached hydrogens (tertiary/aromatic N) is 3. The lowest BCUT2D eigenvalue weighted by molar-refractivity contribution is -0.198. The number of benzene rings is 1. The first-order valence-electron chi connectivity index (χ1n) is 10.4. The molecular weight excluding hydrogens is 393 g/mol. The van der Waals surface area contributed by atoms with Gasteiger partial charge in [-0.1, -0.05) is 0 Å². The molecule has 5 rings (SSSR count). The molecule has 29 heavy (non-hydrogen) atoms. The summed E-state index contributed by atoms with van der Waals surface area (Å²) in [6.45, 7) is 5.03. The molecule has 1 saturated carbocycles. The fourth-order valence-electron chi connectivity index (χ4n) is 5.72. The standard InChI is InChI=1S/C21H26FN3O3S/c22-17-7-16(11-23)8-19(9-17)29(26,27)25-5-3-20(4-6-25)2-1-18(10-20)24-12-21(13-24)14-28-15-21/h7-9,18H,1-6,10,12-15H2/t18-/m1/s1. The summed E-state index contributed by atoms with van der Waals surface area (Å²) in [5.74, 6) is -0.695. The molecule has 0 aromatic heterocycles. The molecule has 1 aliphatic carbocycles. The Balaban J connectivity index is 1.22. The Morgan fingerprint density at radius 1 is 1.10 bits per heavy atom. The summed E-state index contributed by atoms with van der Waals surface area (Å²) in [5, 5.41) is 9.01. The van der Waals surface area contributed by atoms with Gasteiger partial charge >= 0.3 is 0 Å². The Bertz CT molecular complexity index is 954. The number of nitriles is 1. The summed E-state index contributed by atoms with van der Waals surface area (Å²) in [7, 11) is -3.78. The van der Waals surface area contributed by atoms with E-state index in [1.165, 1.54) is 16.8 Å². The summed E-state index contributed by atoms with van der Waals surface area (Å²) in [5.41, 5.74) is 0.690. The zero-order valence-corrected chi connectivity index (χ0v) is 17.3. The van der Waals surface area contributed by atoms with Gasteiger partial charge in [-0.25, -0.2) is 12.8 Å². The maximum Gasteiger partial charge on any atom is 0.243 e. The van der Waals surface area contributed by atoms with Crippen molar-refractivity contribution >= 4 is 10.0 Å². The molecule has 3 aliphatic heterocycles. The number of hydrogen-bond acceptors (Lipinski definition) is 5. The highest BCUT2D eigenvalue weighted by atomic mass is 32.2. The maximum atomic E-state index is 13.7. The van der Waals surface area contributed by atoms with E-state index in [1.807, 2.05) is 6.07 Å². The van der Waals surface area contributed by atoms with E-state index in [4.69, 9.17) is 10.00 Å². The normalized spacial score (nSPS) is 28.8. The highest BCUT2D eigenvalue weighted by Gasteiger charge is 2.53. The molecule has 156 valence electrons. The lowest BCUT2D eigenvalue weighted by Crippen LogP contribution is -2.67. The lowest BCUT2D eigenvalue weighted by Gasteiger charge is -2.57. The van der Waals surface area contributed by atoms with E-state index in [0.29, 0.717) is 24.5 Å². The van der Waals surface area contributed by atoms with Crippen LogP contribution in [0.4, 0.5) is 4.39 Å². The molecule has 0 radical (unpaired) electrons. The quantitative estimate of drug-likeness (QED) is 0.752. The Hall–Kier alpha value is -1.53. The van der Waals surface area contributed by atoms with Crippen LogP contribution in [0.3, 0.4) is 0 Å². The van der Waals surface area contributed by atoms with E-state index < -0.39 is 15.8 Å². The third-order valence-electron chi connectivity index (χ3n) is 7.51. The van der Waals surface area contributed by atoms with Crippen molar-refractivity contribution < 1.29 is 17.5 Å². The number of sulfonamides is 1. The number of hydrogen-bond donors (Lipinski definition) is 0. The average molecular weight is 420 g/mol. The van der Waals surface area contributed by atoms with Gasteiger partial charge in [-0.15, -0.1) is 0 Å². The average Bonchev–Trinajstić information content (AvgIpc) is 3.02. The van der Waals surface area contributed by atoms with Gasteiger partial charge in [-0.3, -0.25) is 4.90 Å². The van der Waals surface area contributed by atoms with E-state index >= 15 is 0 Å². The molecule has 4 fully saturated rings. The van der Waals surface area contributed by atoms with Crippen molar-refractivity contribution in [2.75, 3.05) is 39.4 Å². The molecule has 4 aliphatic rings. The largest absolute Gasteiger partial charge is 0.380 e. The summed E-state index contributed by atoms with van der Waals surface area (Å²) in [4.78, 5) is 2.47. The predicted octanol–water partition coefficient (Wildman–Crippen LogP) is 2.35. The van der Waals surface area contributed by atoms with Crippen LogP contribution in [0.5, 0.6) is 0 Å². The van der Waals surface area contributed by atoms with E-state index in [2.05, 4.69) is 4.90 Å². The van der Waals surface area contributed by atoms with Gasteiger partial charge in [0.1, 0.15) is 5.82 Å². The molecule has 0 bridgehead atoms. The molecule has 1 aromatic rings. The Morgan fingerprint density at radius 2 is 1.83 bits per heavy atom. The van der Waals surface area contributed by atoms with Crippen molar-refractivity contribution in [3.63, 3.8) is 0 Å². The first-order valence-corrected chi connectivity index (χ1v) is 11.8. The van der Waals surface area contributed by atoms with Crippen LogP contribution in [-0.2, 0) is 14.8 Å². The lowest BCUT2D eigenvalue weighted by atomic mass is 9.75. The molecule has 2 spiro atoms. The van der Waals surface area contributed by atoms with Gasteiger partial charge in [0.25, 0.3) is 0 Å². The zero-order valence-electron chi connectivity index (χ0n) is 16.4. The smallest absolute Gasteiger partial charge is 0.243 e. The number of likely N-dealkylation sites (tertiary alicyclic amines) is 1. The van der Waals surface area contributed by atoms with Gasteiger partial charge in [-0.05, 0) is 55.7 Å². The molecule has 3 heterocycles. The van der Waals surface area contributed by atoms with Crippen LogP contribution in [0, 0.1) is 28.0 Å². The second-order valence-corrected chi connectivity index (χ2v) is 11.4. The van der Waals surface area contributed by atoms with Gasteiger partial charge in [0.05, 0.1) is 29.7 Å². The van der Waals surface area contributed by atoms with Gasteiger partial charge in [-0.2, -0.15) is 9.57 Å². The second kappa shape index (κ2) is 6.74. The number of piperidine rings is 1. The first-order chi connectivity index (χ1) is 13.8. The van der Waals surface area contributed by atoms with Crippen LogP contribution in [0.2, 0.25) is 0 Å². The highest BCUT2D eigenvalue weighted by Crippen LogP contribution is 2.51. The maximum absolute atomic E-state index is 13.7. The molecule has 8 heteroatoms. The number of ether oxygens (including phenoxy) is 1. The van der Waals surface area contributed by atoms with E-state index in [1.54, 1.807) is 0 Å². The van der Waals surface area contributed by atoms with Crippen LogP contribution in [-0.4, -0.2) is 63.1 Å². The monoisotopic (exact) mass is 419 g/mol. The van der Waals surface area contributed by atoms with Crippen LogP contribution < -0.4 is 0 Å². The summed E-state index contributed by atoms with van der Waals surface area (Å²) < 4.78 is 46.5. The van der Waals surface area contributed by atoms with E-state index in [-0.39, 0.29) is 15.9 Å². The van der Waals surface area contributed by atoms with Crippen molar-refractivity contribution in [1.29, 1.82) is 5.26 Å². The molecule has 0 unspecified atom stereocenters. The predicted molar refractivity (Wildman–Crippen MR) is 104 cm³/mol. The first kappa shape index (κ1) is 19.4. The molecule has 0 amide bonds. The van der Waals surface area contributed by atoms with Crippen molar-refractivity contribution in [3.8, 4) is 6.07 Å². The molecular formula is C21H26FN3O3S. The Labute approximate surface area is 171 Å². The highest BCUT2D eigenvalue weighted by molar-refractivity contribution is 7.89. The van der Waals surface area contributed by atoms with Crippen molar-refractivity contribution in [2.24, 2.45) is 10.8 Å². The number of rotatable bonds is 3. The van der Waals surface area contributed by atoms with E-state index in [9.17, 15) is 12.8 Å². The zero-order chi connectivity index (χ0) is 20.3. The minimum atomic E-state index is -3.78. The van der Waals surface area contributed by atoms with Crippen LogP contribution >= 0.6 is 0 Å². The Morgan fingerprint density at radius 3 is 2.45 bits per heavy atom. The minimum Gasteiger partial charge on any atom is -0.380 e. The third-order valence-corrected chi connectivity index (χ3v) is 9.38. The molecule has 6 nitrogen and oxygen atoms in total. The minimum absolute atomic E-state index is 0.0277. The topological polar surface area (TPSA) is 73.6 Å². The fourth-order valence-corrected chi connectivity index (χ4v) is 7.21. The second-order valence-electron chi connectivity index (χ2n) is 9.49. The fraction of sp³-hybridized carbons (Fsp3) is 0.667. The summed E-state index contributed by atoms with van der Waals surface area (Å²) >= 11 is 0. The summed E-state index contributed by atoms with van der Waals surface area (Å²) in [6.07, 6.45) is 5.20. The number of halogens is 1. The Kier molecular flexibility index (Phi) is 4.52. The van der Waals surface area contributed by atoms with Crippen LogP contribution in [0.15, 0.2) is 23.1 Å². The SMILES string of the molecule is N#Cc1cc(F)cc(S(=O)(=O)N2CCC3(CC[C@@H](N4CC5(COC5)C4)C3)CC2)c1. The molecule has 0 N–H and O–H groups in total. The van der Waals surface area contributed by atoms with Crippen LogP contribution in [0.1, 0.15) is 37.7 Å². The van der Waals surface area contributed by atoms with Crippen molar-refractivity contribution in [3.05, 3.63) is 29.6 Å². The van der Waals surface area contributed by atoms with E-state index in [0.717, 1.165) is 64.1 Å². The van der Waals surface area contributed by atoms with Gasteiger partial charge in [0.15, 0.2) is 0 Å². The van der Waals surface area contributed by atoms with Gasteiger partial charge < -0.3 is 4.74 Å².